The number of pyridine rings is 1. The number of hydrogen-bond donors (Lipinski definition) is 4. The fourth-order valence-electron chi connectivity index (χ4n) is 4.50. The second-order valence-electron chi connectivity index (χ2n) is 12.0. The molecule has 234 valence electrons. The lowest BCUT2D eigenvalue weighted by atomic mass is 9.88. The van der Waals surface area contributed by atoms with Crippen molar-refractivity contribution in [2.45, 2.75) is 64.0 Å². The number of alkyl carbamates (subject to hydrolysis) is 1. The van der Waals surface area contributed by atoms with E-state index in [-0.39, 0.29) is 34.7 Å². The van der Waals surface area contributed by atoms with Crippen molar-refractivity contribution in [2.75, 3.05) is 11.9 Å². The van der Waals surface area contributed by atoms with E-state index in [0.717, 1.165) is 18.2 Å². The summed E-state index contributed by atoms with van der Waals surface area (Å²) in [4.78, 5) is 41.2. The number of aliphatic hydroxyl groups is 1. The van der Waals surface area contributed by atoms with Crippen LogP contribution in [0.15, 0.2) is 54.6 Å². The number of carbonyl (C=O) groups is 3. The molecule has 1 unspecified atom stereocenters. The summed E-state index contributed by atoms with van der Waals surface area (Å²) >= 11 is 0. The Bertz CT molecular complexity index is 1600. The molecule has 44 heavy (non-hydrogen) atoms. The van der Waals surface area contributed by atoms with E-state index in [0.29, 0.717) is 11.3 Å². The van der Waals surface area contributed by atoms with Gasteiger partial charge in [-0.2, -0.15) is 13.2 Å². The molecule has 3 amide bonds. The van der Waals surface area contributed by atoms with Gasteiger partial charge in [-0.1, -0.05) is 6.07 Å². The van der Waals surface area contributed by atoms with Gasteiger partial charge in [0.15, 0.2) is 0 Å². The van der Waals surface area contributed by atoms with Crippen LogP contribution in [0.2, 0.25) is 0 Å². The van der Waals surface area contributed by atoms with Crippen LogP contribution in [-0.4, -0.2) is 46.3 Å². The lowest BCUT2D eigenvalue weighted by Crippen LogP contribution is -2.52. The summed E-state index contributed by atoms with van der Waals surface area (Å²) in [6.45, 7) is 6.66. The predicted molar refractivity (Wildman–Crippen MR) is 153 cm³/mol. The predicted octanol–water partition coefficient (Wildman–Crippen LogP) is 5.32. The number of ether oxygens (including phenoxy) is 1. The molecule has 2 heterocycles. The minimum atomic E-state index is -5.33. The number of benzene rings is 2. The summed E-state index contributed by atoms with van der Waals surface area (Å²) in [7, 11) is 0. The molecule has 1 atom stereocenters. The molecule has 0 aliphatic carbocycles. The van der Waals surface area contributed by atoms with Crippen LogP contribution in [-0.2, 0) is 27.1 Å². The Morgan fingerprint density at radius 2 is 1.66 bits per heavy atom. The molecular formula is C31H32F4N4O5. The quantitative estimate of drug-likeness (QED) is 0.266. The molecular weight excluding hydrogens is 584 g/mol. The molecule has 4 rings (SSSR count). The van der Waals surface area contributed by atoms with Crippen molar-refractivity contribution in [2.24, 2.45) is 0 Å². The molecule has 0 saturated carbocycles. The summed E-state index contributed by atoms with van der Waals surface area (Å²) < 4.78 is 62.9. The van der Waals surface area contributed by atoms with E-state index in [1.807, 2.05) is 0 Å². The molecule has 3 aromatic rings. The van der Waals surface area contributed by atoms with Gasteiger partial charge < -0.3 is 25.8 Å². The van der Waals surface area contributed by atoms with Gasteiger partial charge in [0.05, 0.1) is 29.9 Å². The first-order valence-electron chi connectivity index (χ1n) is 13.6. The summed E-state index contributed by atoms with van der Waals surface area (Å²) in [6.07, 6.45) is -6.06. The zero-order valence-corrected chi connectivity index (χ0v) is 24.6. The molecule has 4 N–H and O–H groups in total. The summed E-state index contributed by atoms with van der Waals surface area (Å²) in [6, 6.07) is 11.4. The van der Waals surface area contributed by atoms with Gasteiger partial charge in [0.2, 0.25) is 11.5 Å². The number of carbonyl (C=O) groups excluding carboxylic acids is 3. The molecule has 0 bridgehead atoms. The average molecular weight is 617 g/mol. The Morgan fingerprint density at radius 3 is 2.27 bits per heavy atom. The van der Waals surface area contributed by atoms with E-state index in [9.17, 15) is 37.1 Å². The second kappa shape index (κ2) is 11.5. The Balaban J connectivity index is 1.74. The number of rotatable bonds is 7. The number of aromatic nitrogens is 1. The van der Waals surface area contributed by atoms with Crippen LogP contribution < -0.4 is 16.0 Å². The van der Waals surface area contributed by atoms with E-state index in [1.165, 1.54) is 50.2 Å². The van der Waals surface area contributed by atoms with E-state index in [1.54, 1.807) is 20.8 Å². The molecule has 1 aliphatic heterocycles. The zero-order valence-electron chi connectivity index (χ0n) is 24.6. The largest absolute Gasteiger partial charge is 0.444 e. The lowest BCUT2D eigenvalue weighted by Gasteiger charge is -2.33. The van der Waals surface area contributed by atoms with E-state index in [2.05, 4.69) is 20.9 Å². The van der Waals surface area contributed by atoms with Gasteiger partial charge in [0.1, 0.15) is 11.4 Å². The fourth-order valence-corrected chi connectivity index (χ4v) is 4.50. The van der Waals surface area contributed by atoms with Gasteiger partial charge in [0, 0.05) is 16.8 Å². The zero-order chi connectivity index (χ0) is 32.7. The smallest absolute Gasteiger partial charge is 0.424 e. The molecule has 2 aromatic carbocycles. The number of fused-ring (bicyclic) bond motifs is 1. The maximum atomic E-state index is 14.6. The Hall–Kier alpha value is -4.52. The van der Waals surface area contributed by atoms with Crippen molar-refractivity contribution in [3.05, 3.63) is 82.8 Å². The van der Waals surface area contributed by atoms with E-state index >= 15 is 0 Å². The monoisotopic (exact) mass is 616 g/mol. The minimum Gasteiger partial charge on any atom is -0.444 e. The van der Waals surface area contributed by atoms with E-state index in [4.69, 9.17) is 4.74 Å². The highest BCUT2D eigenvalue weighted by molar-refractivity contribution is 6.02. The Labute approximate surface area is 251 Å². The molecule has 1 aromatic heterocycles. The fraction of sp³-hybridized carbons (Fsp3) is 0.355. The van der Waals surface area contributed by atoms with Crippen molar-refractivity contribution in [1.82, 2.24) is 15.6 Å². The Morgan fingerprint density at radius 1 is 1.00 bits per heavy atom. The first kappa shape index (κ1) is 32.4. The number of nitrogens with one attached hydrogen (secondary N) is 3. The summed E-state index contributed by atoms with van der Waals surface area (Å²) in [5, 5.41) is 18.5. The summed E-state index contributed by atoms with van der Waals surface area (Å²) in [5.74, 6) is -1.80. The second-order valence-corrected chi connectivity index (χ2v) is 12.0. The normalized spacial score (nSPS) is 14.7. The number of halogens is 4. The number of alkyl halides is 3. The Kier molecular flexibility index (Phi) is 8.49. The third kappa shape index (κ3) is 7.16. The first-order valence-corrected chi connectivity index (χ1v) is 13.6. The van der Waals surface area contributed by atoms with Crippen LogP contribution >= 0.6 is 0 Å². The third-order valence-corrected chi connectivity index (χ3v) is 6.90. The number of hydrogen-bond acceptors (Lipinski definition) is 6. The molecule has 0 saturated heterocycles. The van der Waals surface area contributed by atoms with Crippen molar-refractivity contribution >= 4 is 23.6 Å². The minimum absolute atomic E-state index is 0.0353. The maximum absolute atomic E-state index is 14.6. The number of anilines is 1. The molecule has 13 heteroatoms. The van der Waals surface area contributed by atoms with Crippen LogP contribution in [0.4, 0.5) is 28.0 Å². The van der Waals surface area contributed by atoms with Crippen molar-refractivity contribution in [1.29, 1.82) is 0 Å². The van der Waals surface area contributed by atoms with Crippen molar-refractivity contribution in [3.63, 3.8) is 0 Å². The van der Waals surface area contributed by atoms with Gasteiger partial charge in [0.25, 0.3) is 5.91 Å². The van der Waals surface area contributed by atoms with Crippen LogP contribution in [0.5, 0.6) is 0 Å². The molecule has 9 nitrogen and oxygen atoms in total. The highest BCUT2D eigenvalue weighted by Crippen LogP contribution is 2.40. The number of nitrogens with zero attached hydrogens (tertiary/aromatic N) is 1. The van der Waals surface area contributed by atoms with Crippen molar-refractivity contribution in [3.8, 4) is 11.3 Å². The van der Waals surface area contributed by atoms with Gasteiger partial charge in [-0.05, 0) is 94.3 Å². The van der Waals surface area contributed by atoms with Gasteiger partial charge >= 0.3 is 12.3 Å². The van der Waals surface area contributed by atoms with Crippen molar-refractivity contribution < 1.29 is 41.8 Å². The van der Waals surface area contributed by atoms with Gasteiger partial charge in [-0.15, -0.1) is 0 Å². The lowest BCUT2D eigenvalue weighted by molar-refractivity contribution is -0.265. The van der Waals surface area contributed by atoms with Crippen LogP contribution in [0.3, 0.4) is 0 Å². The SMILES string of the molecule is CC(C)(C)OC(=O)NC(C)(C)c1cc(-c2ccc(F)cc2)nc(C(O)(CNC(=O)c2ccc3c(c2)NC(=O)C3)C(F)(F)F)c1. The summed E-state index contributed by atoms with van der Waals surface area (Å²) in [5.41, 5.74) is -5.52. The van der Waals surface area contributed by atoms with Crippen LogP contribution in [0.1, 0.15) is 61.8 Å². The highest BCUT2D eigenvalue weighted by Gasteiger charge is 2.56. The van der Waals surface area contributed by atoms with Crippen LogP contribution in [0.25, 0.3) is 11.3 Å². The van der Waals surface area contributed by atoms with Crippen LogP contribution in [0, 0.1) is 5.82 Å². The molecule has 0 radical (unpaired) electrons. The standard InChI is InChI=1S/C31H32F4N4O5/c1-28(2,3)44-27(42)39-29(4,5)20-14-23(17-8-10-21(32)11-9-17)37-24(15-20)30(43,31(33,34)35)16-36-26(41)19-7-6-18-13-25(40)38-22(18)12-19/h6-12,14-15,43H,13,16H2,1-5H3,(H,36,41)(H,38,40)(H,39,42). The van der Waals surface area contributed by atoms with Gasteiger partial charge in [-0.25, -0.2) is 14.2 Å². The number of amides is 3. The van der Waals surface area contributed by atoms with Gasteiger partial charge in [-0.3, -0.25) is 9.59 Å². The van der Waals surface area contributed by atoms with E-state index < -0.39 is 53.0 Å². The molecule has 0 fully saturated rings. The first-order chi connectivity index (χ1) is 20.3. The maximum Gasteiger partial charge on any atom is 0.424 e. The molecule has 1 aliphatic rings. The average Bonchev–Trinajstić information content (AvgIpc) is 3.28. The highest BCUT2D eigenvalue weighted by atomic mass is 19.4. The molecule has 0 spiro atoms. The topological polar surface area (TPSA) is 130 Å². The third-order valence-electron chi connectivity index (χ3n) is 6.90.